The Morgan fingerprint density at radius 3 is 2.35 bits per heavy atom. The van der Waals surface area contributed by atoms with Gasteiger partial charge in [-0.2, -0.15) is 0 Å². The lowest BCUT2D eigenvalue weighted by molar-refractivity contribution is -0.133. The molecule has 1 amide bonds. The zero-order chi connectivity index (χ0) is 14.8. The zero-order valence-electron chi connectivity index (χ0n) is 13.5. The summed E-state index contributed by atoms with van der Waals surface area (Å²) in [5, 5.41) is 3.27. The van der Waals surface area contributed by atoms with Crippen molar-refractivity contribution >= 4 is 5.91 Å². The standard InChI is InChI=1S/C16H32N2O2/c1-14(2)8-12-20-13-9-17-15(3)16(19)18-10-6-4-5-7-11-18/h14-15,17H,4-13H2,1-3H3. The lowest BCUT2D eigenvalue weighted by atomic mass is 10.1. The first-order valence-corrected chi connectivity index (χ1v) is 8.21. The first-order valence-electron chi connectivity index (χ1n) is 8.21. The summed E-state index contributed by atoms with van der Waals surface area (Å²) in [4.78, 5) is 14.3. The number of carbonyl (C=O) groups is 1. The van der Waals surface area contributed by atoms with E-state index in [-0.39, 0.29) is 11.9 Å². The van der Waals surface area contributed by atoms with E-state index in [9.17, 15) is 4.79 Å². The molecule has 1 rings (SSSR count). The van der Waals surface area contributed by atoms with Crippen molar-refractivity contribution in [2.24, 2.45) is 5.92 Å². The van der Waals surface area contributed by atoms with E-state index in [1.54, 1.807) is 0 Å². The summed E-state index contributed by atoms with van der Waals surface area (Å²) in [7, 11) is 0. The average molecular weight is 284 g/mol. The summed E-state index contributed by atoms with van der Waals surface area (Å²) in [6.45, 7) is 10.5. The second-order valence-corrected chi connectivity index (χ2v) is 6.21. The van der Waals surface area contributed by atoms with Crippen LogP contribution < -0.4 is 5.32 Å². The molecule has 0 aromatic rings. The van der Waals surface area contributed by atoms with Gasteiger partial charge in [0.2, 0.25) is 5.91 Å². The summed E-state index contributed by atoms with van der Waals surface area (Å²) in [6, 6.07) is -0.0956. The van der Waals surface area contributed by atoms with E-state index < -0.39 is 0 Å². The number of rotatable bonds is 8. The fourth-order valence-electron chi connectivity index (χ4n) is 2.42. The third kappa shape index (κ3) is 7.25. The van der Waals surface area contributed by atoms with Crippen LogP contribution in [0.1, 0.15) is 52.9 Å². The van der Waals surface area contributed by atoms with Crippen LogP contribution in [0.2, 0.25) is 0 Å². The molecule has 1 atom stereocenters. The van der Waals surface area contributed by atoms with Gasteiger partial charge < -0.3 is 15.0 Å². The number of likely N-dealkylation sites (tertiary alicyclic amines) is 1. The van der Waals surface area contributed by atoms with E-state index >= 15 is 0 Å². The number of nitrogens with zero attached hydrogens (tertiary/aromatic N) is 1. The topological polar surface area (TPSA) is 41.6 Å². The van der Waals surface area contributed by atoms with Crippen molar-refractivity contribution in [3.63, 3.8) is 0 Å². The quantitative estimate of drug-likeness (QED) is 0.696. The Morgan fingerprint density at radius 1 is 1.10 bits per heavy atom. The molecule has 0 spiro atoms. The molecule has 1 aliphatic heterocycles. The first kappa shape index (κ1) is 17.4. The number of amides is 1. The number of carbonyl (C=O) groups excluding carboxylic acids is 1. The number of ether oxygens (including phenoxy) is 1. The highest BCUT2D eigenvalue weighted by Gasteiger charge is 2.20. The molecule has 0 aromatic heterocycles. The normalized spacial score (nSPS) is 18.1. The van der Waals surface area contributed by atoms with Gasteiger partial charge in [-0.3, -0.25) is 4.79 Å². The van der Waals surface area contributed by atoms with Crippen LogP contribution in [0.15, 0.2) is 0 Å². The minimum atomic E-state index is -0.0956. The van der Waals surface area contributed by atoms with E-state index in [2.05, 4.69) is 19.2 Å². The zero-order valence-corrected chi connectivity index (χ0v) is 13.5. The highest BCUT2D eigenvalue weighted by molar-refractivity contribution is 5.81. The van der Waals surface area contributed by atoms with Gasteiger partial charge in [-0.1, -0.05) is 26.7 Å². The first-order chi connectivity index (χ1) is 9.61. The van der Waals surface area contributed by atoms with Crippen molar-refractivity contribution in [2.75, 3.05) is 32.8 Å². The second-order valence-electron chi connectivity index (χ2n) is 6.21. The summed E-state index contributed by atoms with van der Waals surface area (Å²) < 4.78 is 5.55. The SMILES string of the molecule is CC(C)CCOCCNC(C)C(=O)N1CCCCCC1. The molecular weight excluding hydrogens is 252 g/mol. The van der Waals surface area contributed by atoms with E-state index in [1.165, 1.54) is 12.8 Å². The molecule has 1 unspecified atom stereocenters. The van der Waals surface area contributed by atoms with E-state index in [4.69, 9.17) is 4.74 Å². The van der Waals surface area contributed by atoms with Crippen molar-refractivity contribution in [1.29, 1.82) is 0 Å². The summed E-state index contributed by atoms with van der Waals surface area (Å²) in [6.07, 6.45) is 5.92. The predicted molar refractivity (Wildman–Crippen MR) is 82.8 cm³/mol. The van der Waals surface area contributed by atoms with Crippen molar-refractivity contribution in [3.05, 3.63) is 0 Å². The molecule has 0 aliphatic carbocycles. The fourth-order valence-corrected chi connectivity index (χ4v) is 2.42. The minimum Gasteiger partial charge on any atom is -0.380 e. The van der Waals surface area contributed by atoms with Gasteiger partial charge in [-0.25, -0.2) is 0 Å². The Morgan fingerprint density at radius 2 is 1.75 bits per heavy atom. The van der Waals surface area contributed by atoms with Crippen LogP contribution in [-0.4, -0.2) is 49.7 Å². The van der Waals surface area contributed by atoms with Crippen molar-refractivity contribution < 1.29 is 9.53 Å². The smallest absolute Gasteiger partial charge is 0.239 e. The van der Waals surface area contributed by atoms with E-state index in [1.807, 2.05) is 11.8 Å². The molecule has 118 valence electrons. The Kier molecular flexibility index (Phi) is 8.86. The van der Waals surface area contributed by atoms with Crippen LogP contribution >= 0.6 is 0 Å². The number of hydrogen-bond donors (Lipinski definition) is 1. The molecule has 0 radical (unpaired) electrons. The van der Waals surface area contributed by atoms with Crippen molar-refractivity contribution in [3.8, 4) is 0 Å². The second kappa shape index (κ2) is 10.2. The Hall–Kier alpha value is -0.610. The third-order valence-corrected chi connectivity index (χ3v) is 3.82. The molecule has 4 nitrogen and oxygen atoms in total. The van der Waals surface area contributed by atoms with Crippen molar-refractivity contribution in [2.45, 2.75) is 58.9 Å². The van der Waals surface area contributed by atoms with Crippen LogP contribution in [0, 0.1) is 5.92 Å². The van der Waals surface area contributed by atoms with Crippen molar-refractivity contribution in [1.82, 2.24) is 10.2 Å². The van der Waals surface area contributed by atoms with E-state index in [0.717, 1.165) is 45.5 Å². The van der Waals surface area contributed by atoms with Crippen LogP contribution in [0.5, 0.6) is 0 Å². The van der Waals surface area contributed by atoms with Crippen LogP contribution in [0.4, 0.5) is 0 Å². The monoisotopic (exact) mass is 284 g/mol. The molecule has 4 heteroatoms. The number of nitrogens with one attached hydrogen (secondary N) is 1. The van der Waals surface area contributed by atoms with Gasteiger partial charge in [0.05, 0.1) is 12.6 Å². The Labute approximate surface area is 124 Å². The van der Waals surface area contributed by atoms with Gasteiger partial charge in [0, 0.05) is 26.2 Å². The van der Waals surface area contributed by atoms with Crippen LogP contribution in [0.25, 0.3) is 0 Å². The highest BCUT2D eigenvalue weighted by Crippen LogP contribution is 2.10. The molecule has 1 fully saturated rings. The lowest BCUT2D eigenvalue weighted by Crippen LogP contribution is -2.46. The Bertz CT molecular complexity index is 261. The molecule has 0 bridgehead atoms. The summed E-state index contributed by atoms with van der Waals surface area (Å²) >= 11 is 0. The number of hydrogen-bond acceptors (Lipinski definition) is 3. The van der Waals surface area contributed by atoms with E-state index in [0.29, 0.717) is 12.5 Å². The lowest BCUT2D eigenvalue weighted by Gasteiger charge is -2.24. The largest absolute Gasteiger partial charge is 0.380 e. The van der Waals surface area contributed by atoms with Gasteiger partial charge in [0.1, 0.15) is 0 Å². The summed E-state index contributed by atoms with van der Waals surface area (Å²) in [5.74, 6) is 0.931. The van der Waals surface area contributed by atoms with Gasteiger partial charge >= 0.3 is 0 Å². The summed E-state index contributed by atoms with van der Waals surface area (Å²) in [5.41, 5.74) is 0. The molecule has 1 saturated heterocycles. The minimum absolute atomic E-state index is 0.0956. The Balaban J connectivity index is 2.11. The maximum atomic E-state index is 12.3. The molecule has 0 saturated carbocycles. The molecular formula is C16H32N2O2. The maximum absolute atomic E-state index is 12.3. The molecule has 20 heavy (non-hydrogen) atoms. The predicted octanol–water partition coefficient (Wildman–Crippen LogP) is 2.43. The molecule has 0 aromatic carbocycles. The van der Waals surface area contributed by atoms with Gasteiger partial charge in [-0.15, -0.1) is 0 Å². The maximum Gasteiger partial charge on any atom is 0.239 e. The van der Waals surface area contributed by atoms with Gasteiger partial charge in [0.15, 0.2) is 0 Å². The van der Waals surface area contributed by atoms with Gasteiger partial charge in [0.25, 0.3) is 0 Å². The third-order valence-electron chi connectivity index (χ3n) is 3.82. The molecule has 1 N–H and O–H groups in total. The highest BCUT2D eigenvalue weighted by atomic mass is 16.5. The molecule has 1 heterocycles. The molecule has 1 aliphatic rings. The van der Waals surface area contributed by atoms with Crippen LogP contribution in [-0.2, 0) is 9.53 Å². The van der Waals surface area contributed by atoms with Gasteiger partial charge in [-0.05, 0) is 32.1 Å². The fraction of sp³-hybridized carbons (Fsp3) is 0.938. The average Bonchev–Trinajstić information content (AvgIpc) is 2.70. The van der Waals surface area contributed by atoms with Crippen LogP contribution in [0.3, 0.4) is 0 Å².